The Labute approximate surface area is 166 Å². The first-order valence-corrected chi connectivity index (χ1v) is 10.1. The van der Waals surface area contributed by atoms with Crippen LogP contribution in [0.15, 0.2) is 18.2 Å². The fraction of sp³-hybridized carbons (Fsp3) is 0.600. The summed E-state index contributed by atoms with van der Waals surface area (Å²) in [5.74, 6) is 1.63. The van der Waals surface area contributed by atoms with Gasteiger partial charge < -0.3 is 24.6 Å². The van der Waals surface area contributed by atoms with Crippen LogP contribution >= 0.6 is 12.2 Å². The fourth-order valence-corrected chi connectivity index (χ4v) is 3.76. The number of thiocarbonyl (C=S) groups is 1. The number of hydrogen-bond donors (Lipinski definition) is 1. The number of likely N-dealkylation sites (tertiary alicyclic amines) is 1. The number of nitrogens with one attached hydrogen (secondary N) is 1. The molecule has 2 heterocycles. The van der Waals surface area contributed by atoms with Crippen molar-refractivity contribution in [3.63, 3.8) is 0 Å². The predicted octanol–water partition coefficient (Wildman–Crippen LogP) is 2.18. The van der Waals surface area contributed by atoms with Gasteiger partial charge in [0.2, 0.25) is 0 Å². The highest BCUT2D eigenvalue weighted by Gasteiger charge is 2.27. The Morgan fingerprint density at radius 1 is 1.22 bits per heavy atom. The van der Waals surface area contributed by atoms with E-state index in [0.29, 0.717) is 24.5 Å². The number of carbonyl (C=O) groups is 1. The fourth-order valence-electron chi connectivity index (χ4n) is 3.48. The first-order chi connectivity index (χ1) is 13.0. The maximum absolute atomic E-state index is 12.9. The molecule has 27 heavy (non-hydrogen) atoms. The molecule has 1 aromatic rings. The third-order valence-electron chi connectivity index (χ3n) is 5.04. The van der Waals surface area contributed by atoms with Crippen molar-refractivity contribution in [2.45, 2.75) is 19.3 Å². The molecule has 0 amide bonds. The van der Waals surface area contributed by atoms with Crippen molar-refractivity contribution in [2.24, 2.45) is 5.92 Å². The largest absolute Gasteiger partial charge is 0.486 e. The van der Waals surface area contributed by atoms with E-state index < -0.39 is 0 Å². The molecule has 0 spiro atoms. The Balaban J connectivity index is 1.47. The first-order valence-electron chi connectivity index (χ1n) is 9.66. The summed E-state index contributed by atoms with van der Waals surface area (Å²) in [7, 11) is 4.14. The molecule has 6 nitrogen and oxygen atoms in total. The molecule has 1 fully saturated rings. The van der Waals surface area contributed by atoms with Crippen molar-refractivity contribution in [3.05, 3.63) is 23.8 Å². The van der Waals surface area contributed by atoms with Gasteiger partial charge >= 0.3 is 0 Å². The number of piperidine rings is 1. The van der Waals surface area contributed by atoms with Gasteiger partial charge in [0.15, 0.2) is 22.4 Å². The molecule has 0 aliphatic carbocycles. The lowest BCUT2D eigenvalue weighted by Gasteiger charge is -2.33. The second kappa shape index (κ2) is 9.37. The molecule has 7 heteroatoms. The van der Waals surface area contributed by atoms with Crippen LogP contribution in [0.1, 0.15) is 29.6 Å². The number of carbonyl (C=O) groups excluding carboxylic acids is 1. The van der Waals surface area contributed by atoms with Crippen LogP contribution in [0.5, 0.6) is 11.5 Å². The zero-order chi connectivity index (χ0) is 19.2. The van der Waals surface area contributed by atoms with Gasteiger partial charge in [0.1, 0.15) is 13.2 Å². The maximum atomic E-state index is 12.9. The summed E-state index contributed by atoms with van der Waals surface area (Å²) in [6, 6.07) is 5.50. The highest BCUT2D eigenvalue weighted by atomic mass is 32.1. The molecule has 1 saturated heterocycles. The summed E-state index contributed by atoms with van der Waals surface area (Å²) in [6.07, 6.45) is 2.71. The van der Waals surface area contributed by atoms with Gasteiger partial charge in [-0.1, -0.05) is 0 Å². The van der Waals surface area contributed by atoms with E-state index in [1.165, 1.54) is 0 Å². The van der Waals surface area contributed by atoms with Gasteiger partial charge in [-0.25, -0.2) is 0 Å². The molecule has 148 valence electrons. The Morgan fingerprint density at radius 3 is 2.63 bits per heavy atom. The molecule has 0 unspecified atom stereocenters. The second-order valence-corrected chi connectivity index (χ2v) is 7.76. The van der Waals surface area contributed by atoms with Crippen molar-refractivity contribution in [1.29, 1.82) is 0 Å². The van der Waals surface area contributed by atoms with Crippen LogP contribution in [-0.4, -0.2) is 74.2 Å². The summed E-state index contributed by atoms with van der Waals surface area (Å²) in [5.41, 5.74) is 0.710. The summed E-state index contributed by atoms with van der Waals surface area (Å²) < 4.78 is 11.1. The summed E-state index contributed by atoms with van der Waals surface area (Å²) >= 11 is 5.50. The summed E-state index contributed by atoms with van der Waals surface area (Å²) in [6.45, 7) is 4.65. The minimum Gasteiger partial charge on any atom is -0.486 e. The molecular weight excluding hydrogens is 362 g/mol. The second-order valence-electron chi connectivity index (χ2n) is 7.37. The normalized spacial score (nSPS) is 17.1. The Morgan fingerprint density at radius 2 is 1.93 bits per heavy atom. The number of ether oxygens (including phenoxy) is 2. The number of hydrogen-bond acceptors (Lipinski definition) is 5. The highest BCUT2D eigenvalue weighted by molar-refractivity contribution is 7.80. The lowest BCUT2D eigenvalue weighted by molar-refractivity contribution is 0.0870. The number of Topliss-reactive ketones (excluding diaryl/α,β-unsaturated/α-hetero) is 1. The Bertz CT molecular complexity index is 672. The van der Waals surface area contributed by atoms with Crippen molar-refractivity contribution >= 4 is 23.1 Å². The van der Waals surface area contributed by atoms with Crippen molar-refractivity contribution in [3.8, 4) is 11.5 Å². The van der Waals surface area contributed by atoms with E-state index in [1.54, 1.807) is 0 Å². The molecular formula is C20H29N3O3S. The van der Waals surface area contributed by atoms with Gasteiger partial charge in [0.25, 0.3) is 0 Å². The number of rotatable bonds is 6. The quantitative estimate of drug-likeness (QED) is 0.453. The minimum atomic E-state index is 0.0420. The summed E-state index contributed by atoms with van der Waals surface area (Å²) in [4.78, 5) is 17.2. The number of nitrogens with zero attached hydrogens (tertiary/aromatic N) is 2. The van der Waals surface area contributed by atoms with Crippen molar-refractivity contribution < 1.29 is 14.3 Å². The SMILES string of the molecule is CN(C)CCCNC(=S)N1CCC(C(=O)c2ccc3c(c2)OCCO3)CC1. The maximum Gasteiger partial charge on any atom is 0.168 e. The standard InChI is InChI=1S/C20H29N3O3S/c1-22(2)9-3-8-21-20(27)23-10-6-15(7-11-23)19(24)16-4-5-17-18(14-16)26-13-12-25-17/h4-5,14-15H,3,6-13H2,1-2H3,(H,21,27). The van der Waals surface area contributed by atoms with Crippen molar-refractivity contribution in [2.75, 3.05) is 53.5 Å². The minimum absolute atomic E-state index is 0.0420. The van der Waals surface area contributed by atoms with Gasteiger partial charge in [0.05, 0.1) is 0 Å². The molecule has 2 aliphatic rings. The predicted molar refractivity (Wildman–Crippen MR) is 110 cm³/mol. The smallest absolute Gasteiger partial charge is 0.168 e. The monoisotopic (exact) mass is 391 g/mol. The lowest BCUT2D eigenvalue weighted by Crippen LogP contribution is -2.45. The summed E-state index contributed by atoms with van der Waals surface area (Å²) in [5, 5.41) is 4.14. The average molecular weight is 392 g/mol. The number of ketones is 1. The van der Waals surface area contributed by atoms with E-state index in [4.69, 9.17) is 21.7 Å². The molecule has 0 saturated carbocycles. The number of benzene rings is 1. The van der Waals surface area contributed by atoms with Gasteiger partial charge in [-0.15, -0.1) is 0 Å². The van der Waals surface area contributed by atoms with Gasteiger partial charge in [-0.3, -0.25) is 4.79 Å². The molecule has 0 bridgehead atoms. The highest BCUT2D eigenvalue weighted by Crippen LogP contribution is 2.32. The van der Waals surface area contributed by atoms with E-state index in [2.05, 4.69) is 29.2 Å². The first kappa shape index (κ1) is 19.9. The van der Waals surface area contributed by atoms with Crippen LogP contribution in [0.2, 0.25) is 0 Å². The molecule has 0 aromatic heterocycles. The molecule has 0 atom stereocenters. The zero-order valence-electron chi connectivity index (χ0n) is 16.2. The van der Waals surface area contributed by atoms with E-state index in [1.807, 2.05) is 18.2 Å². The third kappa shape index (κ3) is 5.32. The topological polar surface area (TPSA) is 54.0 Å². The molecule has 1 aromatic carbocycles. The van der Waals surface area contributed by atoms with Crippen molar-refractivity contribution in [1.82, 2.24) is 15.1 Å². The van der Waals surface area contributed by atoms with Gasteiger partial charge in [0, 0.05) is 31.1 Å². The van der Waals surface area contributed by atoms with E-state index in [-0.39, 0.29) is 11.7 Å². The van der Waals surface area contributed by atoms with Crippen LogP contribution in [0.25, 0.3) is 0 Å². The van der Waals surface area contributed by atoms with E-state index in [9.17, 15) is 4.79 Å². The molecule has 0 radical (unpaired) electrons. The molecule has 3 rings (SSSR count). The van der Waals surface area contributed by atoms with Crippen LogP contribution in [0, 0.1) is 5.92 Å². The van der Waals surface area contributed by atoms with Crippen LogP contribution in [0.3, 0.4) is 0 Å². The van der Waals surface area contributed by atoms with Crippen LogP contribution in [0.4, 0.5) is 0 Å². The number of fused-ring (bicyclic) bond motifs is 1. The van der Waals surface area contributed by atoms with E-state index >= 15 is 0 Å². The molecule has 1 N–H and O–H groups in total. The van der Waals surface area contributed by atoms with Gasteiger partial charge in [-0.2, -0.15) is 0 Å². The Hall–Kier alpha value is -1.86. The van der Waals surface area contributed by atoms with Crippen LogP contribution < -0.4 is 14.8 Å². The Kier molecular flexibility index (Phi) is 6.90. The lowest BCUT2D eigenvalue weighted by atomic mass is 9.89. The average Bonchev–Trinajstić information content (AvgIpc) is 2.70. The molecule has 2 aliphatic heterocycles. The van der Waals surface area contributed by atoms with Crippen LogP contribution in [-0.2, 0) is 0 Å². The van der Waals surface area contributed by atoms with E-state index in [0.717, 1.165) is 56.3 Å². The zero-order valence-corrected chi connectivity index (χ0v) is 17.0. The third-order valence-corrected chi connectivity index (χ3v) is 5.44. The van der Waals surface area contributed by atoms with Gasteiger partial charge in [-0.05, 0) is 70.3 Å².